The molecule has 54 valence electrons. The summed E-state index contributed by atoms with van der Waals surface area (Å²) >= 11 is 3.19. The van der Waals surface area contributed by atoms with E-state index < -0.39 is 12.2 Å². The molecule has 0 saturated carbocycles. The fourth-order valence-electron chi connectivity index (χ4n) is 0.0518. The van der Waals surface area contributed by atoms with Gasteiger partial charge in [-0.25, -0.2) is 0 Å². The monoisotopic (exact) mass is 165 g/mol. The molecule has 0 heterocycles. The van der Waals surface area contributed by atoms with Crippen LogP contribution in [0.1, 0.15) is 0 Å². The summed E-state index contributed by atoms with van der Waals surface area (Å²) in [5.41, 5.74) is 0. The third kappa shape index (κ3) is 1.81. The van der Waals surface area contributed by atoms with Gasteiger partial charge in [0.05, 0.1) is 0 Å². The molecule has 0 rings (SSSR count). The molecule has 0 radical (unpaired) electrons. The molecule has 0 aliphatic carbocycles. The first-order chi connectivity index (χ1) is 3.81. The zero-order valence-corrected chi connectivity index (χ0v) is 4.56. The average Bonchev–Trinajstić information content (AvgIpc) is 1.64. The van der Waals surface area contributed by atoms with Gasteiger partial charge in [-0.2, -0.15) is 22.0 Å². The third-order valence-corrected chi connectivity index (χ3v) is 0.685. The third-order valence-electron chi connectivity index (χ3n) is 0.456. The number of rotatable bonds is 1. The van der Waals surface area contributed by atoms with Crippen LogP contribution in [-0.2, 0) is 12.4 Å². The van der Waals surface area contributed by atoms with E-state index in [4.69, 9.17) is 0 Å². The topological polar surface area (TPSA) is 12.4 Å². The van der Waals surface area contributed by atoms with Crippen molar-refractivity contribution in [2.24, 2.45) is 4.36 Å². The number of hydrogen-bond donors (Lipinski definition) is 0. The van der Waals surface area contributed by atoms with Crippen LogP contribution in [0, 0.1) is 0 Å². The highest BCUT2D eigenvalue weighted by atomic mass is 32.1. The molecule has 0 aromatic carbocycles. The van der Waals surface area contributed by atoms with Crippen molar-refractivity contribution in [1.29, 1.82) is 0 Å². The Morgan fingerprint density at radius 2 is 1.33 bits per heavy atom. The first-order valence-corrected chi connectivity index (χ1v) is 1.97. The fourth-order valence-corrected chi connectivity index (χ4v) is 0.155. The van der Waals surface area contributed by atoms with Crippen LogP contribution in [0.15, 0.2) is 4.36 Å². The van der Waals surface area contributed by atoms with Crippen LogP contribution >= 0.6 is 0 Å². The lowest BCUT2D eigenvalue weighted by Gasteiger charge is -2.11. The molecule has 0 aliphatic rings. The van der Waals surface area contributed by atoms with E-state index >= 15 is 0 Å². The van der Waals surface area contributed by atoms with E-state index in [1.54, 1.807) is 0 Å². The summed E-state index contributed by atoms with van der Waals surface area (Å²) in [5.74, 6) is 0. The Kier molecular flexibility index (Phi) is 2.05. The molecule has 1 nitrogen and oxygen atoms in total. The Bertz CT molecular complexity index is 117. The van der Waals surface area contributed by atoms with E-state index in [1.807, 2.05) is 0 Å². The van der Waals surface area contributed by atoms with Gasteiger partial charge in [-0.1, -0.05) is 0 Å². The highest BCUT2D eigenvalue weighted by Crippen LogP contribution is 2.35. The van der Waals surface area contributed by atoms with Crippen LogP contribution in [0.2, 0.25) is 0 Å². The van der Waals surface area contributed by atoms with E-state index in [1.165, 1.54) is 4.36 Å². The Morgan fingerprint density at radius 3 is 1.33 bits per heavy atom. The van der Waals surface area contributed by atoms with E-state index in [2.05, 4.69) is 12.4 Å². The highest BCUT2D eigenvalue weighted by Gasteiger charge is 2.58. The quantitative estimate of drug-likeness (QED) is 0.426. The minimum atomic E-state index is -5.66. The van der Waals surface area contributed by atoms with Crippen LogP contribution < -0.4 is 0 Å². The minimum absolute atomic E-state index is 1.42. The molecule has 0 atom stereocenters. The Morgan fingerprint density at radius 1 is 1.00 bits per heavy atom. The predicted molar refractivity (Wildman–Crippen MR) is 20.8 cm³/mol. The van der Waals surface area contributed by atoms with Gasteiger partial charge < -0.3 is 0 Å². The van der Waals surface area contributed by atoms with Crippen LogP contribution in [0.25, 0.3) is 0 Å². The van der Waals surface area contributed by atoms with Crippen LogP contribution in [0.3, 0.4) is 0 Å². The highest BCUT2D eigenvalue weighted by molar-refractivity contribution is 7.47. The summed E-state index contributed by atoms with van der Waals surface area (Å²) in [6.07, 6.45) is -5.66. The normalized spacial score (nSPS) is 13.4. The second kappa shape index (κ2) is 2.13. The number of halogens is 5. The van der Waals surface area contributed by atoms with Gasteiger partial charge in [-0.05, 0) is 0 Å². The maximum absolute atomic E-state index is 11.3. The van der Waals surface area contributed by atoms with Gasteiger partial charge in [0, 0.05) is 12.4 Å². The lowest BCUT2D eigenvalue weighted by Crippen LogP contribution is -2.33. The molecule has 0 saturated heterocycles. The molecule has 0 aromatic rings. The van der Waals surface area contributed by atoms with Gasteiger partial charge in [-0.3, -0.25) is 0 Å². The maximum Gasteiger partial charge on any atom is 0.478 e. The molecule has 0 spiro atoms. The van der Waals surface area contributed by atoms with Crippen molar-refractivity contribution in [2.75, 3.05) is 0 Å². The summed E-state index contributed by atoms with van der Waals surface area (Å²) < 4.78 is 56.7. The first-order valence-electron chi connectivity index (χ1n) is 1.60. The summed E-state index contributed by atoms with van der Waals surface area (Å²) in [6, 6.07) is -5.08. The molecule has 0 fully saturated rings. The molecule has 0 unspecified atom stereocenters. The number of hydrogen-bond acceptors (Lipinski definition) is 2. The minimum Gasteiger partial charge on any atom is -0.170 e. The molecule has 0 bridgehead atoms. The predicted octanol–water partition coefficient (Wildman–Crippen LogP) is 1.87. The summed E-state index contributed by atoms with van der Waals surface area (Å²) in [5, 5.41) is 0. The van der Waals surface area contributed by atoms with Crippen molar-refractivity contribution >= 4 is 12.4 Å². The van der Waals surface area contributed by atoms with Crippen molar-refractivity contribution in [3.8, 4) is 0 Å². The van der Waals surface area contributed by atoms with Crippen molar-refractivity contribution in [1.82, 2.24) is 0 Å². The lowest BCUT2D eigenvalue weighted by molar-refractivity contribution is -0.276. The zero-order chi connectivity index (χ0) is 7.71. The molecule has 0 amide bonds. The van der Waals surface area contributed by atoms with Gasteiger partial charge in [0.15, 0.2) is 0 Å². The largest absolute Gasteiger partial charge is 0.478 e. The van der Waals surface area contributed by atoms with E-state index in [9.17, 15) is 22.0 Å². The smallest absolute Gasteiger partial charge is 0.170 e. The molecule has 0 aromatic heterocycles. The number of nitrogens with zero attached hydrogens (tertiary/aromatic N) is 1. The van der Waals surface area contributed by atoms with E-state index in [0.29, 0.717) is 0 Å². The van der Waals surface area contributed by atoms with Crippen molar-refractivity contribution in [3.63, 3.8) is 0 Å². The molecule has 0 aliphatic heterocycles. The Hall–Kier alpha value is -0.330. The van der Waals surface area contributed by atoms with Gasteiger partial charge in [0.25, 0.3) is 0 Å². The summed E-state index contributed by atoms with van der Waals surface area (Å²) in [6.45, 7) is 0. The second-order valence-corrected chi connectivity index (χ2v) is 1.31. The van der Waals surface area contributed by atoms with Gasteiger partial charge in [0.2, 0.25) is 0 Å². The van der Waals surface area contributed by atoms with E-state index in [0.717, 1.165) is 0 Å². The van der Waals surface area contributed by atoms with Gasteiger partial charge >= 0.3 is 12.2 Å². The maximum atomic E-state index is 11.3. The second-order valence-electron chi connectivity index (χ2n) is 1.13. The SMILES string of the molecule is FC(F)(F)C(F)(F)N=S. The van der Waals surface area contributed by atoms with Gasteiger partial charge in [-0.15, -0.1) is 4.36 Å². The molecule has 7 heteroatoms. The fraction of sp³-hybridized carbons (Fsp3) is 1.00. The van der Waals surface area contributed by atoms with Crippen molar-refractivity contribution < 1.29 is 22.0 Å². The van der Waals surface area contributed by atoms with E-state index in [-0.39, 0.29) is 0 Å². The zero-order valence-electron chi connectivity index (χ0n) is 3.75. The Labute approximate surface area is 52.0 Å². The molecule has 9 heavy (non-hydrogen) atoms. The molecule has 0 N–H and O–H groups in total. The summed E-state index contributed by atoms with van der Waals surface area (Å²) in [4.78, 5) is 0. The van der Waals surface area contributed by atoms with Crippen LogP contribution in [0.4, 0.5) is 22.0 Å². The van der Waals surface area contributed by atoms with Crippen LogP contribution in [0.5, 0.6) is 0 Å². The lowest BCUT2D eigenvalue weighted by atomic mass is 10.6. The van der Waals surface area contributed by atoms with Gasteiger partial charge in [0.1, 0.15) is 0 Å². The Balaban J connectivity index is 4.32. The summed E-state index contributed by atoms with van der Waals surface area (Å²) in [7, 11) is 0. The van der Waals surface area contributed by atoms with Crippen molar-refractivity contribution in [3.05, 3.63) is 0 Å². The standard InChI is InChI=1S/C2F5NS/c3-1(4,5)2(6,7)8-9. The van der Waals surface area contributed by atoms with Crippen LogP contribution in [-0.4, -0.2) is 12.2 Å². The average molecular weight is 165 g/mol. The number of alkyl halides is 5. The van der Waals surface area contributed by atoms with Crippen molar-refractivity contribution in [2.45, 2.75) is 12.2 Å². The molecular weight excluding hydrogens is 165 g/mol. The molecular formula is C2F5NS. The first kappa shape index (κ1) is 8.67.